The molecule has 1 amide bonds. The highest BCUT2D eigenvalue weighted by Gasteiger charge is 2.10. The third-order valence-electron chi connectivity index (χ3n) is 5.00. The van der Waals surface area contributed by atoms with E-state index in [0.29, 0.717) is 5.75 Å². The minimum absolute atomic E-state index is 0.116. The van der Waals surface area contributed by atoms with Gasteiger partial charge in [0.05, 0.1) is 12.0 Å². The number of carbonyl (C=O) groups is 1. The highest BCUT2D eigenvalue weighted by molar-refractivity contribution is 8.00. The van der Waals surface area contributed by atoms with Crippen molar-refractivity contribution < 1.29 is 4.79 Å². The van der Waals surface area contributed by atoms with E-state index in [-0.39, 0.29) is 5.91 Å². The summed E-state index contributed by atoms with van der Waals surface area (Å²) in [5.74, 6) is 0.219. The molecule has 29 heavy (non-hydrogen) atoms. The first kappa shape index (κ1) is 20.9. The Morgan fingerprint density at radius 3 is 2.41 bits per heavy atom. The fraction of sp³-hybridized carbons (Fsp3) is 0.250. The molecule has 0 aliphatic carbocycles. The van der Waals surface area contributed by atoms with E-state index in [1.165, 1.54) is 28.5 Å². The molecule has 0 radical (unpaired) electrons. The van der Waals surface area contributed by atoms with Crippen molar-refractivity contribution >= 4 is 23.9 Å². The molecule has 0 fully saturated rings. The zero-order chi connectivity index (χ0) is 21.0. The molecule has 5 heteroatoms. The highest BCUT2D eigenvalue weighted by atomic mass is 32.2. The number of hydrogen-bond acceptors (Lipinski definition) is 3. The molecule has 150 valence electrons. The molecule has 0 atom stereocenters. The molecule has 1 aromatic heterocycles. The van der Waals surface area contributed by atoms with Gasteiger partial charge in [0.1, 0.15) is 0 Å². The van der Waals surface area contributed by atoms with E-state index in [0.717, 1.165) is 27.5 Å². The zero-order valence-corrected chi connectivity index (χ0v) is 18.4. The van der Waals surface area contributed by atoms with Gasteiger partial charge in [0.25, 0.3) is 0 Å². The van der Waals surface area contributed by atoms with Crippen molar-refractivity contribution in [2.24, 2.45) is 5.10 Å². The van der Waals surface area contributed by atoms with Crippen LogP contribution in [0.3, 0.4) is 0 Å². The number of nitrogens with zero attached hydrogens (tertiary/aromatic N) is 2. The lowest BCUT2D eigenvalue weighted by atomic mass is 10.1. The maximum Gasteiger partial charge on any atom is 0.250 e. The maximum atomic E-state index is 12.1. The van der Waals surface area contributed by atoms with Gasteiger partial charge in [-0.05, 0) is 76.1 Å². The molecule has 0 spiro atoms. The van der Waals surface area contributed by atoms with E-state index < -0.39 is 0 Å². The fourth-order valence-corrected chi connectivity index (χ4v) is 3.86. The van der Waals surface area contributed by atoms with Crippen molar-refractivity contribution in [2.45, 2.75) is 39.5 Å². The second-order valence-electron chi connectivity index (χ2n) is 7.33. The standard InChI is InChI=1S/C24H27N3OS/c1-16-6-10-23(11-7-16)29-15-24(28)26-25-14-21-13-19(4)27(20(21)5)22-9-8-17(2)18(3)12-22/h6-14H,15H2,1-5H3,(H,26,28)/b25-14+. The van der Waals surface area contributed by atoms with Crippen LogP contribution in [-0.4, -0.2) is 22.4 Å². The molecule has 1 N–H and O–H groups in total. The van der Waals surface area contributed by atoms with E-state index in [1.54, 1.807) is 6.21 Å². The molecule has 1 heterocycles. The van der Waals surface area contributed by atoms with Crippen LogP contribution < -0.4 is 5.43 Å². The van der Waals surface area contributed by atoms with Crippen molar-refractivity contribution in [1.82, 2.24) is 9.99 Å². The average Bonchev–Trinajstić information content (AvgIpc) is 2.97. The number of aryl methyl sites for hydroxylation is 4. The number of carbonyl (C=O) groups excluding carboxylic acids is 1. The molecule has 3 aromatic rings. The summed E-state index contributed by atoms with van der Waals surface area (Å²) in [5, 5.41) is 4.16. The van der Waals surface area contributed by atoms with E-state index in [9.17, 15) is 4.79 Å². The lowest BCUT2D eigenvalue weighted by Gasteiger charge is -2.11. The smallest absolute Gasteiger partial charge is 0.250 e. The number of aromatic nitrogens is 1. The maximum absolute atomic E-state index is 12.1. The minimum Gasteiger partial charge on any atom is -0.318 e. The Morgan fingerprint density at radius 1 is 1.00 bits per heavy atom. The Morgan fingerprint density at radius 2 is 1.72 bits per heavy atom. The second kappa shape index (κ2) is 9.14. The van der Waals surface area contributed by atoms with Crippen LogP contribution in [0.2, 0.25) is 0 Å². The predicted molar refractivity (Wildman–Crippen MR) is 122 cm³/mol. The van der Waals surface area contributed by atoms with Gasteiger partial charge in [0.15, 0.2) is 0 Å². The summed E-state index contributed by atoms with van der Waals surface area (Å²) in [7, 11) is 0. The summed E-state index contributed by atoms with van der Waals surface area (Å²) in [6, 6.07) is 16.7. The number of amides is 1. The summed E-state index contributed by atoms with van der Waals surface area (Å²) in [5.41, 5.74) is 10.7. The predicted octanol–water partition coefficient (Wildman–Crippen LogP) is 5.26. The summed E-state index contributed by atoms with van der Waals surface area (Å²) >= 11 is 1.50. The van der Waals surface area contributed by atoms with E-state index in [2.05, 4.69) is 67.1 Å². The largest absolute Gasteiger partial charge is 0.318 e. The van der Waals surface area contributed by atoms with Gasteiger partial charge < -0.3 is 4.57 Å². The van der Waals surface area contributed by atoms with Crippen LogP contribution in [0.1, 0.15) is 33.6 Å². The van der Waals surface area contributed by atoms with Crippen molar-refractivity contribution in [3.63, 3.8) is 0 Å². The number of hydrazone groups is 1. The number of hydrogen-bond donors (Lipinski definition) is 1. The van der Waals surface area contributed by atoms with Gasteiger partial charge in [-0.15, -0.1) is 11.8 Å². The summed E-state index contributed by atoms with van der Waals surface area (Å²) < 4.78 is 2.21. The molecule has 0 bridgehead atoms. The molecule has 4 nitrogen and oxygen atoms in total. The van der Waals surface area contributed by atoms with Crippen LogP contribution in [0.15, 0.2) is 58.5 Å². The van der Waals surface area contributed by atoms with Gasteiger partial charge in [-0.1, -0.05) is 23.8 Å². The van der Waals surface area contributed by atoms with Crippen LogP contribution in [0, 0.1) is 34.6 Å². The van der Waals surface area contributed by atoms with Crippen LogP contribution in [-0.2, 0) is 4.79 Å². The van der Waals surface area contributed by atoms with E-state index in [4.69, 9.17) is 0 Å². The Balaban J connectivity index is 1.64. The normalized spacial score (nSPS) is 11.2. The van der Waals surface area contributed by atoms with Crippen LogP contribution in [0.25, 0.3) is 5.69 Å². The first-order valence-electron chi connectivity index (χ1n) is 9.63. The molecule has 0 saturated heterocycles. The van der Waals surface area contributed by atoms with Gasteiger partial charge in [-0.2, -0.15) is 5.10 Å². The molecule has 0 aliphatic rings. The molecule has 0 unspecified atom stereocenters. The van der Waals surface area contributed by atoms with Gasteiger partial charge in [-0.25, -0.2) is 5.43 Å². The molecule has 2 aromatic carbocycles. The number of thioether (sulfide) groups is 1. The third-order valence-corrected chi connectivity index (χ3v) is 6.01. The first-order valence-corrected chi connectivity index (χ1v) is 10.6. The minimum atomic E-state index is -0.116. The molecular formula is C24H27N3OS. The highest BCUT2D eigenvalue weighted by Crippen LogP contribution is 2.22. The van der Waals surface area contributed by atoms with Crippen molar-refractivity contribution in [1.29, 1.82) is 0 Å². The zero-order valence-electron chi connectivity index (χ0n) is 17.6. The first-order chi connectivity index (χ1) is 13.8. The summed E-state index contributed by atoms with van der Waals surface area (Å²) in [4.78, 5) is 13.1. The van der Waals surface area contributed by atoms with Gasteiger partial charge in [-0.3, -0.25) is 4.79 Å². The van der Waals surface area contributed by atoms with Crippen LogP contribution in [0.4, 0.5) is 0 Å². The number of rotatable bonds is 6. The van der Waals surface area contributed by atoms with E-state index in [1.807, 2.05) is 31.2 Å². The second-order valence-corrected chi connectivity index (χ2v) is 8.37. The third kappa shape index (κ3) is 5.18. The number of nitrogens with one attached hydrogen (secondary N) is 1. The fourth-order valence-electron chi connectivity index (χ4n) is 3.17. The molecule has 3 rings (SSSR count). The molecule has 0 saturated carbocycles. The Bertz CT molecular complexity index is 1050. The monoisotopic (exact) mass is 405 g/mol. The lowest BCUT2D eigenvalue weighted by Crippen LogP contribution is -2.19. The van der Waals surface area contributed by atoms with Gasteiger partial charge in [0.2, 0.25) is 5.91 Å². The quantitative estimate of drug-likeness (QED) is 0.345. The lowest BCUT2D eigenvalue weighted by molar-refractivity contribution is -0.118. The topological polar surface area (TPSA) is 46.4 Å². The van der Waals surface area contributed by atoms with Crippen molar-refractivity contribution in [3.05, 3.63) is 82.2 Å². The SMILES string of the molecule is Cc1ccc(SCC(=O)N/N=C/c2cc(C)n(-c3ccc(C)c(C)c3)c2C)cc1. The Kier molecular flexibility index (Phi) is 6.60. The van der Waals surface area contributed by atoms with Crippen LogP contribution >= 0.6 is 11.8 Å². The van der Waals surface area contributed by atoms with Crippen molar-refractivity contribution in [2.75, 3.05) is 5.75 Å². The van der Waals surface area contributed by atoms with Crippen molar-refractivity contribution in [3.8, 4) is 5.69 Å². The van der Waals surface area contributed by atoms with Gasteiger partial charge in [0, 0.05) is 27.5 Å². The van der Waals surface area contributed by atoms with Gasteiger partial charge >= 0.3 is 0 Å². The number of benzene rings is 2. The molecule has 0 aliphatic heterocycles. The Labute approximate surface area is 177 Å². The van der Waals surface area contributed by atoms with E-state index >= 15 is 0 Å². The summed E-state index contributed by atoms with van der Waals surface area (Å²) in [6.45, 7) is 10.4. The average molecular weight is 406 g/mol. The molecular weight excluding hydrogens is 378 g/mol. The Hall–Kier alpha value is -2.79. The van der Waals surface area contributed by atoms with Crippen LogP contribution in [0.5, 0.6) is 0 Å². The summed E-state index contributed by atoms with van der Waals surface area (Å²) in [6.07, 6.45) is 1.72.